The maximum atomic E-state index is 11.9. The molecule has 24 heavy (non-hydrogen) atoms. The van der Waals surface area contributed by atoms with Crippen LogP contribution in [0, 0.1) is 0 Å². The van der Waals surface area contributed by atoms with E-state index in [0.29, 0.717) is 27.5 Å². The van der Waals surface area contributed by atoms with Crippen molar-refractivity contribution in [3.05, 3.63) is 63.3 Å². The van der Waals surface area contributed by atoms with Crippen LogP contribution in [0.3, 0.4) is 0 Å². The largest absolute Gasteiger partial charge is 0.449 e. The average Bonchev–Trinajstić information content (AvgIpc) is 3.22. The van der Waals surface area contributed by atoms with Crippen LogP contribution >= 0.6 is 34.5 Å². The van der Waals surface area contributed by atoms with Crippen molar-refractivity contribution in [1.82, 2.24) is 4.98 Å². The van der Waals surface area contributed by atoms with Crippen molar-refractivity contribution >= 4 is 51.5 Å². The van der Waals surface area contributed by atoms with Crippen LogP contribution in [0.4, 0.5) is 11.0 Å². The maximum absolute atomic E-state index is 11.9. The van der Waals surface area contributed by atoms with Gasteiger partial charge < -0.3 is 15.1 Å². The Labute approximate surface area is 152 Å². The van der Waals surface area contributed by atoms with E-state index >= 15 is 0 Å². The van der Waals surface area contributed by atoms with Crippen LogP contribution in [0.2, 0.25) is 10.0 Å². The predicted molar refractivity (Wildman–Crippen MR) is 97.2 cm³/mol. The third-order valence-electron chi connectivity index (χ3n) is 3.14. The van der Waals surface area contributed by atoms with Crippen molar-refractivity contribution in [2.45, 2.75) is 6.42 Å². The van der Waals surface area contributed by atoms with Crippen LogP contribution < -0.4 is 10.6 Å². The highest BCUT2D eigenvalue weighted by Gasteiger charge is 2.10. The first-order valence-electron chi connectivity index (χ1n) is 7.06. The predicted octanol–water partition coefficient (Wildman–Crippen LogP) is 4.68. The van der Waals surface area contributed by atoms with Gasteiger partial charge in [0.2, 0.25) is 5.91 Å². The normalized spacial score (nSPS) is 10.6. The summed E-state index contributed by atoms with van der Waals surface area (Å²) in [5.74, 6) is 0.341. The number of anilines is 2. The summed E-state index contributed by atoms with van der Waals surface area (Å²) < 4.78 is 5.10. The number of nitrogens with zero attached hydrogens (tertiary/aromatic N) is 1. The lowest BCUT2D eigenvalue weighted by Crippen LogP contribution is -2.21. The van der Waals surface area contributed by atoms with E-state index in [9.17, 15) is 4.79 Å². The van der Waals surface area contributed by atoms with Crippen LogP contribution in [-0.2, 0) is 11.2 Å². The van der Waals surface area contributed by atoms with Crippen molar-refractivity contribution in [3.8, 4) is 0 Å². The van der Waals surface area contributed by atoms with E-state index in [-0.39, 0.29) is 12.5 Å². The minimum Gasteiger partial charge on any atom is -0.449 e. The summed E-state index contributed by atoms with van der Waals surface area (Å²) in [6.07, 6.45) is 3.86. The molecule has 1 amide bonds. The number of hydrogen-bond acceptors (Lipinski definition) is 5. The summed E-state index contributed by atoms with van der Waals surface area (Å²) in [4.78, 5) is 17.1. The van der Waals surface area contributed by atoms with Crippen molar-refractivity contribution in [2.24, 2.45) is 0 Å². The van der Waals surface area contributed by atoms with Gasteiger partial charge in [0.15, 0.2) is 11.0 Å². The SMILES string of the molecule is O=C(CNc1ccco1)Nc1ncc(Cc2cccc(Cl)c2Cl)s1. The lowest BCUT2D eigenvalue weighted by Gasteiger charge is -2.04. The molecule has 0 aliphatic heterocycles. The lowest BCUT2D eigenvalue weighted by atomic mass is 10.1. The fraction of sp³-hybridized carbons (Fsp3) is 0.125. The number of aromatic nitrogens is 1. The third kappa shape index (κ3) is 4.29. The first kappa shape index (κ1) is 16.8. The van der Waals surface area contributed by atoms with Crippen molar-refractivity contribution in [2.75, 3.05) is 17.2 Å². The summed E-state index contributed by atoms with van der Waals surface area (Å²) in [5, 5.41) is 7.22. The van der Waals surface area contributed by atoms with E-state index < -0.39 is 0 Å². The average molecular weight is 382 g/mol. The van der Waals surface area contributed by atoms with E-state index in [0.717, 1.165) is 10.4 Å². The molecule has 3 rings (SSSR count). The Hall–Kier alpha value is -2.02. The Morgan fingerprint density at radius 2 is 2.12 bits per heavy atom. The van der Waals surface area contributed by atoms with Gasteiger partial charge in [0.25, 0.3) is 0 Å². The van der Waals surface area contributed by atoms with Gasteiger partial charge in [-0.3, -0.25) is 4.79 Å². The van der Waals surface area contributed by atoms with Crippen LogP contribution in [0.25, 0.3) is 0 Å². The number of nitrogens with one attached hydrogen (secondary N) is 2. The van der Waals surface area contributed by atoms with Crippen molar-refractivity contribution in [3.63, 3.8) is 0 Å². The molecule has 0 unspecified atom stereocenters. The molecular weight excluding hydrogens is 369 g/mol. The Morgan fingerprint density at radius 3 is 2.92 bits per heavy atom. The summed E-state index contributed by atoms with van der Waals surface area (Å²) >= 11 is 13.6. The van der Waals surface area contributed by atoms with E-state index in [2.05, 4.69) is 15.6 Å². The number of furan rings is 1. The van der Waals surface area contributed by atoms with Crippen LogP contribution in [0.5, 0.6) is 0 Å². The van der Waals surface area contributed by atoms with E-state index in [1.165, 1.54) is 17.6 Å². The third-order valence-corrected chi connectivity index (χ3v) is 4.91. The summed E-state index contributed by atoms with van der Waals surface area (Å²) in [6.45, 7) is 0.0998. The minimum absolute atomic E-state index is 0.0998. The zero-order chi connectivity index (χ0) is 16.9. The second-order valence-electron chi connectivity index (χ2n) is 4.90. The van der Waals surface area contributed by atoms with E-state index in [1.54, 1.807) is 24.4 Å². The summed E-state index contributed by atoms with van der Waals surface area (Å²) in [6, 6.07) is 9.00. The molecular formula is C16H13Cl2N3O2S. The molecule has 0 saturated heterocycles. The van der Waals surface area contributed by atoms with Gasteiger partial charge in [-0.1, -0.05) is 35.3 Å². The molecule has 8 heteroatoms. The van der Waals surface area contributed by atoms with Gasteiger partial charge in [-0.2, -0.15) is 0 Å². The van der Waals surface area contributed by atoms with Gasteiger partial charge in [-0.15, -0.1) is 11.3 Å². The van der Waals surface area contributed by atoms with E-state index in [4.69, 9.17) is 27.6 Å². The minimum atomic E-state index is -0.201. The fourth-order valence-corrected chi connectivity index (χ4v) is 3.27. The quantitative estimate of drug-likeness (QED) is 0.650. The van der Waals surface area contributed by atoms with Gasteiger partial charge >= 0.3 is 0 Å². The Kier molecular flexibility index (Phi) is 5.40. The van der Waals surface area contributed by atoms with Gasteiger partial charge in [-0.05, 0) is 17.7 Å². The number of rotatable bonds is 6. The monoisotopic (exact) mass is 381 g/mol. The second-order valence-corrected chi connectivity index (χ2v) is 6.80. The first-order valence-corrected chi connectivity index (χ1v) is 8.64. The summed E-state index contributed by atoms with van der Waals surface area (Å²) in [7, 11) is 0. The van der Waals surface area contributed by atoms with Crippen LogP contribution in [0.1, 0.15) is 10.4 Å². The number of amides is 1. The highest BCUT2D eigenvalue weighted by molar-refractivity contribution is 7.15. The zero-order valence-corrected chi connectivity index (χ0v) is 14.7. The van der Waals surface area contributed by atoms with Gasteiger partial charge in [0, 0.05) is 23.6 Å². The molecule has 2 N–H and O–H groups in total. The smallest absolute Gasteiger partial charge is 0.245 e. The van der Waals surface area contributed by atoms with Crippen LogP contribution in [0.15, 0.2) is 47.2 Å². The topological polar surface area (TPSA) is 67.2 Å². The van der Waals surface area contributed by atoms with Crippen molar-refractivity contribution < 1.29 is 9.21 Å². The molecule has 0 radical (unpaired) electrons. The van der Waals surface area contributed by atoms with Gasteiger partial charge in [0.1, 0.15) is 0 Å². The molecule has 3 aromatic rings. The number of carbonyl (C=O) groups excluding carboxylic acids is 1. The van der Waals surface area contributed by atoms with E-state index in [1.807, 2.05) is 12.1 Å². The van der Waals surface area contributed by atoms with Gasteiger partial charge in [0.05, 0.1) is 22.9 Å². The number of benzene rings is 1. The zero-order valence-electron chi connectivity index (χ0n) is 12.4. The number of halogens is 2. The molecule has 0 bridgehead atoms. The molecule has 0 fully saturated rings. The highest BCUT2D eigenvalue weighted by Crippen LogP contribution is 2.29. The molecule has 124 valence electrons. The second kappa shape index (κ2) is 7.70. The first-order chi connectivity index (χ1) is 11.6. The molecule has 5 nitrogen and oxygen atoms in total. The van der Waals surface area contributed by atoms with Gasteiger partial charge in [-0.25, -0.2) is 4.98 Å². The Bertz CT molecular complexity index is 834. The maximum Gasteiger partial charge on any atom is 0.245 e. The molecule has 2 aromatic heterocycles. The molecule has 0 aliphatic rings. The Balaban J connectivity index is 1.57. The number of carbonyl (C=O) groups is 1. The molecule has 1 aromatic carbocycles. The highest BCUT2D eigenvalue weighted by atomic mass is 35.5. The molecule has 2 heterocycles. The molecule has 0 atom stereocenters. The van der Waals surface area contributed by atoms with Crippen LogP contribution in [-0.4, -0.2) is 17.4 Å². The molecule has 0 spiro atoms. The van der Waals surface area contributed by atoms with Crippen molar-refractivity contribution in [1.29, 1.82) is 0 Å². The number of thiazole rings is 1. The Morgan fingerprint density at radius 1 is 1.25 bits per heavy atom. The number of hydrogen-bond donors (Lipinski definition) is 2. The lowest BCUT2D eigenvalue weighted by molar-refractivity contribution is -0.114. The molecule has 0 aliphatic carbocycles. The fourth-order valence-electron chi connectivity index (χ4n) is 2.03. The molecule has 0 saturated carbocycles. The standard InChI is InChI=1S/C16H13Cl2N3O2S/c17-12-4-1-3-10(15(12)18)7-11-8-20-16(24-11)21-13(22)9-19-14-5-2-6-23-14/h1-6,8,19H,7,9H2,(H,20,21,22). The summed E-state index contributed by atoms with van der Waals surface area (Å²) in [5.41, 5.74) is 0.921.